The summed E-state index contributed by atoms with van der Waals surface area (Å²) in [5, 5.41) is 5.24. The zero-order valence-corrected chi connectivity index (χ0v) is 14.3. The lowest BCUT2D eigenvalue weighted by Crippen LogP contribution is -2.26. The summed E-state index contributed by atoms with van der Waals surface area (Å²) >= 11 is 0. The van der Waals surface area contributed by atoms with E-state index >= 15 is 0 Å². The van der Waals surface area contributed by atoms with Crippen molar-refractivity contribution in [1.29, 1.82) is 0 Å². The molecular weight excluding hydrogens is 326 g/mol. The average Bonchev–Trinajstić information content (AvgIpc) is 3.00. The van der Waals surface area contributed by atoms with Crippen LogP contribution in [-0.2, 0) is 6.54 Å². The maximum Gasteiger partial charge on any atom is 0.267 e. The van der Waals surface area contributed by atoms with Gasteiger partial charge in [-0.25, -0.2) is 4.68 Å². The molecule has 2 heterocycles. The molecule has 2 aromatic heterocycles. The Morgan fingerprint density at radius 3 is 2.54 bits per heavy atom. The molecule has 2 aromatic carbocycles. The fourth-order valence-corrected chi connectivity index (χ4v) is 3.18. The van der Waals surface area contributed by atoms with Gasteiger partial charge in [-0.3, -0.25) is 9.59 Å². The number of hydrogen-bond donors (Lipinski definition) is 1. The van der Waals surface area contributed by atoms with E-state index in [9.17, 15) is 9.59 Å². The standard InChI is InChI=1S/C21H17N3O2/c1-14-21(16-9-5-6-10-18(16)22-14)19(25)13-24-20(26)12-11-17(23-24)15-7-3-2-4-8-15/h2-12,22H,13H2,1H3. The molecular formula is C21H17N3O2. The van der Waals surface area contributed by atoms with Crippen molar-refractivity contribution in [3.05, 3.63) is 88.3 Å². The van der Waals surface area contributed by atoms with E-state index in [0.717, 1.165) is 22.2 Å². The molecule has 0 atom stereocenters. The molecule has 0 aliphatic rings. The van der Waals surface area contributed by atoms with E-state index in [0.29, 0.717) is 11.3 Å². The van der Waals surface area contributed by atoms with E-state index in [1.165, 1.54) is 10.7 Å². The van der Waals surface area contributed by atoms with E-state index in [-0.39, 0.29) is 17.9 Å². The van der Waals surface area contributed by atoms with Crippen LogP contribution in [0.5, 0.6) is 0 Å². The third kappa shape index (κ3) is 2.84. The number of rotatable bonds is 4. The fourth-order valence-electron chi connectivity index (χ4n) is 3.18. The predicted octanol–water partition coefficient (Wildman–Crippen LogP) is 3.58. The highest BCUT2D eigenvalue weighted by molar-refractivity contribution is 6.09. The van der Waals surface area contributed by atoms with Gasteiger partial charge in [-0.15, -0.1) is 0 Å². The van der Waals surface area contributed by atoms with Crippen LogP contribution in [0.2, 0.25) is 0 Å². The van der Waals surface area contributed by atoms with Gasteiger partial charge in [-0.05, 0) is 19.1 Å². The summed E-state index contributed by atoms with van der Waals surface area (Å²) in [6, 6.07) is 20.4. The lowest BCUT2D eigenvalue weighted by molar-refractivity contribution is 0.0967. The number of aromatic amines is 1. The third-order valence-electron chi connectivity index (χ3n) is 4.40. The van der Waals surface area contributed by atoms with Crippen molar-refractivity contribution >= 4 is 16.7 Å². The SMILES string of the molecule is Cc1[nH]c2ccccc2c1C(=O)Cn1nc(-c2ccccc2)ccc1=O. The number of H-pyrrole nitrogens is 1. The Labute approximate surface area is 149 Å². The number of aromatic nitrogens is 3. The molecule has 4 aromatic rings. The van der Waals surface area contributed by atoms with Crippen molar-refractivity contribution < 1.29 is 4.79 Å². The Bertz CT molecular complexity index is 1160. The molecule has 0 fully saturated rings. The van der Waals surface area contributed by atoms with Crippen LogP contribution in [-0.4, -0.2) is 20.5 Å². The molecule has 0 saturated heterocycles. The topological polar surface area (TPSA) is 67.8 Å². The van der Waals surface area contributed by atoms with E-state index in [4.69, 9.17) is 0 Å². The van der Waals surface area contributed by atoms with Crippen LogP contribution in [0.25, 0.3) is 22.2 Å². The number of hydrogen-bond acceptors (Lipinski definition) is 3. The number of nitrogens with one attached hydrogen (secondary N) is 1. The van der Waals surface area contributed by atoms with Gasteiger partial charge < -0.3 is 4.98 Å². The monoisotopic (exact) mass is 343 g/mol. The fraction of sp³-hybridized carbons (Fsp3) is 0.0952. The van der Waals surface area contributed by atoms with Crippen LogP contribution >= 0.6 is 0 Å². The van der Waals surface area contributed by atoms with Gasteiger partial charge in [0.1, 0.15) is 6.54 Å². The molecule has 26 heavy (non-hydrogen) atoms. The minimum Gasteiger partial charge on any atom is -0.358 e. The molecule has 0 bridgehead atoms. The van der Waals surface area contributed by atoms with E-state index in [1.54, 1.807) is 6.07 Å². The van der Waals surface area contributed by atoms with Gasteiger partial charge in [-0.2, -0.15) is 5.10 Å². The van der Waals surface area contributed by atoms with Crippen LogP contribution < -0.4 is 5.56 Å². The molecule has 0 radical (unpaired) electrons. The molecule has 0 saturated carbocycles. The molecule has 0 aliphatic heterocycles. The molecule has 128 valence electrons. The van der Waals surface area contributed by atoms with Crippen LogP contribution in [0.1, 0.15) is 16.1 Å². The second-order valence-corrected chi connectivity index (χ2v) is 6.17. The Hall–Kier alpha value is -3.47. The van der Waals surface area contributed by atoms with Gasteiger partial charge >= 0.3 is 0 Å². The number of nitrogens with zero attached hydrogens (tertiary/aromatic N) is 2. The van der Waals surface area contributed by atoms with E-state index in [2.05, 4.69) is 10.1 Å². The first-order valence-corrected chi connectivity index (χ1v) is 8.37. The summed E-state index contributed by atoms with van der Waals surface area (Å²) in [5.74, 6) is -0.139. The average molecular weight is 343 g/mol. The van der Waals surface area contributed by atoms with Crippen molar-refractivity contribution in [2.45, 2.75) is 13.5 Å². The minimum atomic E-state index is -0.296. The van der Waals surface area contributed by atoms with Gasteiger partial charge in [-0.1, -0.05) is 48.5 Å². The van der Waals surface area contributed by atoms with Crippen LogP contribution in [0.15, 0.2) is 71.5 Å². The minimum absolute atomic E-state index is 0.0950. The summed E-state index contributed by atoms with van der Waals surface area (Å²) in [4.78, 5) is 28.3. The Kier molecular flexibility index (Phi) is 3.97. The van der Waals surface area contributed by atoms with Crippen LogP contribution in [0, 0.1) is 6.92 Å². The van der Waals surface area contributed by atoms with Gasteiger partial charge in [0.05, 0.1) is 5.69 Å². The van der Waals surface area contributed by atoms with Crippen LogP contribution in [0.3, 0.4) is 0 Å². The second-order valence-electron chi connectivity index (χ2n) is 6.17. The molecule has 4 rings (SSSR count). The number of aryl methyl sites for hydroxylation is 1. The highest BCUT2D eigenvalue weighted by atomic mass is 16.1. The molecule has 0 spiro atoms. The highest BCUT2D eigenvalue weighted by Gasteiger charge is 2.17. The first-order chi connectivity index (χ1) is 12.6. The van der Waals surface area contributed by atoms with Crippen molar-refractivity contribution in [3.63, 3.8) is 0 Å². The number of carbonyl (C=O) groups excluding carboxylic acids is 1. The zero-order chi connectivity index (χ0) is 18.1. The van der Waals surface area contributed by atoms with Crippen molar-refractivity contribution in [3.8, 4) is 11.3 Å². The zero-order valence-electron chi connectivity index (χ0n) is 14.3. The normalized spacial score (nSPS) is 11.0. The number of fused-ring (bicyclic) bond motifs is 1. The van der Waals surface area contributed by atoms with Gasteiger partial charge in [0.2, 0.25) is 0 Å². The summed E-state index contributed by atoms with van der Waals surface area (Å²) in [5.41, 5.74) is 3.58. The number of para-hydroxylation sites is 1. The Morgan fingerprint density at radius 2 is 1.73 bits per heavy atom. The number of Topliss-reactive ketones (excluding diaryl/α,β-unsaturated/α-hetero) is 1. The Balaban J connectivity index is 1.72. The van der Waals surface area contributed by atoms with Crippen LogP contribution in [0.4, 0.5) is 0 Å². The number of benzene rings is 2. The van der Waals surface area contributed by atoms with Gasteiger partial charge in [0.25, 0.3) is 5.56 Å². The van der Waals surface area contributed by atoms with Crippen molar-refractivity contribution in [2.24, 2.45) is 0 Å². The van der Waals surface area contributed by atoms with Gasteiger partial charge in [0, 0.05) is 33.8 Å². The third-order valence-corrected chi connectivity index (χ3v) is 4.40. The molecule has 0 aliphatic carbocycles. The smallest absolute Gasteiger partial charge is 0.267 e. The van der Waals surface area contributed by atoms with Crippen molar-refractivity contribution in [2.75, 3.05) is 0 Å². The largest absolute Gasteiger partial charge is 0.358 e. The maximum atomic E-state index is 12.9. The maximum absolute atomic E-state index is 12.9. The summed E-state index contributed by atoms with van der Waals surface area (Å²) < 4.78 is 1.23. The Morgan fingerprint density at radius 1 is 1.00 bits per heavy atom. The molecule has 1 N–H and O–H groups in total. The molecule has 0 unspecified atom stereocenters. The molecule has 5 heteroatoms. The summed E-state index contributed by atoms with van der Waals surface area (Å²) in [6.07, 6.45) is 0. The first-order valence-electron chi connectivity index (χ1n) is 8.37. The van der Waals surface area contributed by atoms with Crippen molar-refractivity contribution in [1.82, 2.24) is 14.8 Å². The second kappa shape index (κ2) is 6.44. The predicted molar refractivity (Wildman–Crippen MR) is 101 cm³/mol. The number of carbonyl (C=O) groups is 1. The van der Waals surface area contributed by atoms with E-state index < -0.39 is 0 Å². The quantitative estimate of drug-likeness (QED) is 0.576. The highest BCUT2D eigenvalue weighted by Crippen LogP contribution is 2.22. The number of ketones is 1. The molecule has 5 nitrogen and oxygen atoms in total. The van der Waals surface area contributed by atoms with E-state index in [1.807, 2.05) is 61.5 Å². The van der Waals surface area contributed by atoms with Gasteiger partial charge in [0.15, 0.2) is 5.78 Å². The first kappa shape index (κ1) is 16.0. The summed E-state index contributed by atoms with van der Waals surface area (Å²) in [7, 11) is 0. The lowest BCUT2D eigenvalue weighted by atomic mass is 10.1. The molecule has 0 amide bonds. The summed E-state index contributed by atoms with van der Waals surface area (Å²) in [6.45, 7) is 1.77. The lowest BCUT2D eigenvalue weighted by Gasteiger charge is -2.07.